The molecule has 3 aromatic rings. The highest BCUT2D eigenvalue weighted by atomic mass is 19.1. The van der Waals surface area contributed by atoms with E-state index in [0.717, 1.165) is 16.5 Å². The molecule has 1 heterocycles. The number of hydrogen-bond acceptors (Lipinski definition) is 2. The summed E-state index contributed by atoms with van der Waals surface area (Å²) >= 11 is 0. The molecule has 0 saturated heterocycles. The molecule has 96 valence electrons. The number of halogens is 1. The van der Waals surface area contributed by atoms with Gasteiger partial charge in [0.25, 0.3) is 0 Å². The van der Waals surface area contributed by atoms with Crippen LogP contribution in [0.25, 0.3) is 11.0 Å². The van der Waals surface area contributed by atoms with Crippen molar-refractivity contribution in [3.63, 3.8) is 0 Å². The number of aryl methyl sites for hydroxylation is 1. The Morgan fingerprint density at radius 2 is 1.89 bits per heavy atom. The third-order valence-corrected chi connectivity index (χ3v) is 3.19. The highest BCUT2D eigenvalue weighted by molar-refractivity contribution is 5.81. The Morgan fingerprint density at radius 3 is 2.63 bits per heavy atom. The van der Waals surface area contributed by atoms with E-state index in [1.54, 1.807) is 18.2 Å². The Balaban J connectivity index is 2.06. The minimum atomic E-state index is -0.956. The van der Waals surface area contributed by atoms with E-state index in [-0.39, 0.29) is 5.82 Å². The Bertz CT molecular complexity index is 730. The van der Waals surface area contributed by atoms with Crippen molar-refractivity contribution in [1.29, 1.82) is 0 Å². The molecule has 0 saturated carbocycles. The summed E-state index contributed by atoms with van der Waals surface area (Å²) < 4.78 is 18.9. The molecule has 1 aromatic heterocycles. The minimum Gasteiger partial charge on any atom is -0.458 e. The van der Waals surface area contributed by atoms with Crippen LogP contribution in [0.2, 0.25) is 0 Å². The molecule has 0 spiro atoms. The van der Waals surface area contributed by atoms with E-state index in [1.807, 2.05) is 25.1 Å². The summed E-state index contributed by atoms with van der Waals surface area (Å²) in [4.78, 5) is 0. The van der Waals surface area contributed by atoms with Crippen LogP contribution < -0.4 is 0 Å². The van der Waals surface area contributed by atoms with Crippen molar-refractivity contribution in [3.8, 4) is 0 Å². The summed E-state index contributed by atoms with van der Waals surface area (Å²) in [7, 11) is 0. The molecule has 0 radical (unpaired) electrons. The van der Waals surface area contributed by atoms with E-state index in [4.69, 9.17) is 4.42 Å². The third kappa shape index (κ3) is 2.13. The van der Waals surface area contributed by atoms with Crippen LogP contribution in [0.15, 0.2) is 52.9 Å². The zero-order chi connectivity index (χ0) is 13.4. The van der Waals surface area contributed by atoms with Crippen LogP contribution in [0.4, 0.5) is 4.39 Å². The summed E-state index contributed by atoms with van der Waals surface area (Å²) in [5.41, 5.74) is 2.25. The lowest BCUT2D eigenvalue weighted by atomic mass is 10.1. The molecule has 2 aromatic carbocycles. The lowest BCUT2D eigenvalue weighted by Gasteiger charge is -2.07. The van der Waals surface area contributed by atoms with Gasteiger partial charge in [0.05, 0.1) is 0 Å². The summed E-state index contributed by atoms with van der Waals surface area (Å²) in [6.45, 7) is 1.95. The van der Waals surface area contributed by atoms with Gasteiger partial charge in [0.15, 0.2) is 0 Å². The molecule has 1 N–H and O–H groups in total. The molecule has 0 aliphatic rings. The van der Waals surface area contributed by atoms with Crippen molar-refractivity contribution in [2.45, 2.75) is 13.0 Å². The van der Waals surface area contributed by atoms with Gasteiger partial charge in [-0.1, -0.05) is 30.3 Å². The molecular weight excluding hydrogens is 243 g/mol. The monoisotopic (exact) mass is 256 g/mol. The summed E-state index contributed by atoms with van der Waals surface area (Å²) in [5.74, 6) is 0.0544. The Hall–Kier alpha value is -2.13. The smallest absolute Gasteiger partial charge is 0.138 e. The number of rotatable bonds is 2. The van der Waals surface area contributed by atoms with Gasteiger partial charge in [0.1, 0.15) is 23.3 Å². The molecule has 3 heteroatoms. The molecule has 0 amide bonds. The van der Waals surface area contributed by atoms with Gasteiger partial charge in [-0.05, 0) is 36.2 Å². The summed E-state index contributed by atoms with van der Waals surface area (Å²) in [6, 6.07) is 13.5. The zero-order valence-electron chi connectivity index (χ0n) is 10.4. The van der Waals surface area contributed by atoms with Gasteiger partial charge in [-0.2, -0.15) is 0 Å². The molecule has 3 rings (SSSR count). The topological polar surface area (TPSA) is 33.4 Å². The number of furan rings is 1. The van der Waals surface area contributed by atoms with Crippen LogP contribution in [0.5, 0.6) is 0 Å². The molecule has 19 heavy (non-hydrogen) atoms. The van der Waals surface area contributed by atoms with Crippen molar-refractivity contribution in [2.75, 3.05) is 0 Å². The standard InChI is InChI=1S/C16H13FO2/c1-10-4-2-6-12-9-14(19-16(10)12)15(18)11-5-3-7-13(17)8-11/h2-9,15,18H,1H3. The van der Waals surface area contributed by atoms with Gasteiger partial charge in [0.2, 0.25) is 0 Å². The fourth-order valence-electron chi connectivity index (χ4n) is 2.20. The van der Waals surface area contributed by atoms with Crippen LogP contribution >= 0.6 is 0 Å². The van der Waals surface area contributed by atoms with Crippen LogP contribution in [0, 0.1) is 12.7 Å². The Labute approximate surface area is 110 Å². The fraction of sp³-hybridized carbons (Fsp3) is 0.125. The number of para-hydroxylation sites is 1. The van der Waals surface area contributed by atoms with E-state index < -0.39 is 6.10 Å². The predicted molar refractivity (Wildman–Crippen MR) is 71.4 cm³/mol. The maximum Gasteiger partial charge on any atom is 0.138 e. The molecular formula is C16H13FO2. The second-order valence-corrected chi connectivity index (χ2v) is 4.60. The lowest BCUT2D eigenvalue weighted by Crippen LogP contribution is -1.98. The fourth-order valence-corrected chi connectivity index (χ4v) is 2.20. The van der Waals surface area contributed by atoms with Crippen molar-refractivity contribution in [3.05, 3.63) is 71.2 Å². The quantitative estimate of drug-likeness (QED) is 0.752. The van der Waals surface area contributed by atoms with E-state index in [2.05, 4.69) is 0 Å². The van der Waals surface area contributed by atoms with Gasteiger partial charge in [0, 0.05) is 5.39 Å². The number of benzene rings is 2. The molecule has 1 unspecified atom stereocenters. The van der Waals surface area contributed by atoms with Crippen molar-refractivity contribution < 1.29 is 13.9 Å². The highest BCUT2D eigenvalue weighted by Gasteiger charge is 2.16. The van der Waals surface area contributed by atoms with Gasteiger partial charge < -0.3 is 9.52 Å². The van der Waals surface area contributed by atoms with Crippen molar-refractivity contribution in [2.24, 2.45) is 0 Å². The number of fused-ring (bicyclic) bond motifs is 1. The summed E-state index contributed by atoms with van der Waals surface area (Å²) in [5, 5.41) is 11.2. The summed E-state index contributed by atoms with van der Waals surface area (Å²) in [6.07, 6.45) is -0.956. The average Bonchev–Trinajstić information content (AvgIpc) is 2.83. The molecule has 1 atom stereocenters. The Morgan fingerprint density at radius 1 is 1.11 bits per heavy atom. The van der Waals surface area contributed by atoms with Gasteiger partial charge >= 0.3 is 0 Å². The average molecular weight is 256 g/mol. The SMILES string of the molecule is Cc1cccc2cc(C(O)c3cccc(F)c3)oc12. The Kier molecular flexibility index (Phi) is 2.84. The molecule has 0 aliphatic carbocycles. The third-order valence-electron chi connectivity index (χ3n) is 3.19. The first-order valence-corrected chi connectivity index (χ1v) is 6.08. The van der Waals surface area contributed by atoms with E-state index >= 15 is 0 Å². The predicted octanol–water partition coefficient (Wildman–Crippen LogP) is 3.96. The van der Waals surface area contributed by atoms with Gasteiger partial charge in [-0.3, -0.25) is 0 Å². The zero-order valence-corrected chi connectivity index (χ0v) is 10.4. The van der Waals surface area contributed by atoms with Crippen LogP contribution in [0.3, 0.4) is 0 Å². The molecule has 0 fully saturated rings. The first-order valence-electron chi connectivity index (χ1n) is 6.08. The van der Waals surface area contributed by atoms with E-state index in [0.29, 0.717) is 11.3 Å². The maximum atomic E-state index is 13.2. The largest absolute Gasteiger partial charge is 0.458 e. The van der Waals surface area contributed by atoms with E-state index in [1.165, 1.54) is 12.1 Å². The highest BCUT2D eigenvalue weighted by Crippen LogP contribution is 2.29. The maximum absolute atomic E-state index is 13.2. The van der Waals surface area contributed by atoms with Crippen molar-refractivity contribution >= 4 is 11.0 Å². The van der Waals surface area contributed by atoms with Gasteiger partial charge in [-0.25, -0.2) is 4.39 Å². The van der Waals surface area contributed by atoms with Crippen LogP contribution in [-0.4, -0.2) is 5.11 Å². The molecule has 0 bridgehead atoms. The normalized spacial score (nSPS) is 12.8. The molecule has 2 nitrogen and oxygen atoms in total. The first-order chi connectivity index (χ1) is 9.15. The number of aliphatic hydroxyl groups excluding tert-OH is 1. The second kappa shape index (κ2) is 4.52. The number of aliphatic hydroxyl groups is 1. The first kappa shape index (κ1) is 11.9. The van der Waals surface area contributed by atoms with Crippen LogP contribution in [-0.2, 0) is 0 Å². The van der Waals surface area contributed by atoms with Gasteiger partial charge in [-0.15, -0.1) is 0 Å². The van der Waals surface area contributed by atoms with E-state index in [9.17, 15) is 9.50 Å². The minimum absolute atomic E-state index is 0.371. The second-order valence-electron chi connectivity index (χ2n) is 4.60. The lowest BCUT2D eigenvalue weighted by molar-refractivity contribution is 0.192. The van der Waals surface area contributed by atoms with Crippen molar-refractivity contribution in [1.82, 2.24) is 0 Å². The molecule has 0 aliphatic heterocycles. The number of hydrogen-bond donors (Lipinski definition) is 1. The van der Waals surface area contributed by atoms with Crippen LogP contribution in [0.1, 0.15) is 23.0 Å².